The van der Waals surface area contributed by atoms with Gasteiger partial charge in [-0.1, -0.05) is 12.8 Å². The molecule has 23 heavy (non-hydrogen) atoms. The Morgan fingerprint density at radius 3 is 2.78 bits per heavy atom. The molecule has 0 aromatic carbocycles. The number of anilines is 1. The van der Waals surface area contributed by atoms with E-state index < -0.39 is 5.41 Å². The molecule has 2 aliphatic carbocycles. The van der Waals surface area contributed by atoms with Gasteiger partial charge < -0.3 is 15.1 Å². The number of H-pyrrole nitrogens is 2. The quantitative estimate of drug-likeness (QED) is 0.741. The predicted molar refractivity (Wildman–Crippen MR) is 85.5 cm³/mol. The van der Waals surface area contributed by atoms with Crippen molar-refractivity contribution in [2.75, 3.05) is 5.32 Å². The average Bonchev–Trinajstić information content (AvgIpc) is 3.01. The minimum atomic E-state index is -0.416. The Hall–Kier alpha value is -2.37. The van der Waals surface area contributed by atoms with Crippen LogP contribution in [-0.4, -0.2) is 27.4 Å². The third kappa shape index (κ3) is 2.58. The predicted octanol–water partition coefficient (Wildman–Crippen LogP) is 2.88. The number of aldehydes is 1. The van der Waals surface area contributed by atoms with E-state index in [0.29, 0.717) is 17.4 Å². The molecule has 2 fully saturated rings. The zero-order valence-electron chi connectivity index (χ0n) is 12.9. The fourth-order valence-electron chi connectivity index (χ4n) is 3.48. The van der Waals surface area contributed by atoms with Gasteiger partial charge in [-0.15, -0.1) is 0 Å². The van der Waals surface area contributed by atoms with Crippen molar-refractivity contribution in [3.05, 3.63) is 35.3 Å². The number of nitrogens with one attached hydrogen (secondary N) is 3. The zero-order chi connectivity index (χ0) is 15.9. The fourth-order valence-corrected chi connectivity index (χ4v) is 3.48. The summed E-state index contributed by atoms with van der Waals surface area (Å²) in [5.41, 5.74) is 2.04. The molecule has 0 unspecified atom stereocenters. The number of carbonyl (C=O) groups is 2. The van der Waals surface area contributed by atoms with Crippen molar-refractivity contribution in [3.8, 4) is 0 Å². The van der Waals surface area contributed by atoms with Gasteiger partial charge in [0.25, 0.3) is 5.91 Å². The molecular formula is C17H20N4O2. The summed E-state index contributed by atoms with van der Waals surface area (Å²) in [6.45, 7) is 0. The van der Waals surface area contributed by atoms with Crippen molar-refractivity contribution >= 4 is 18.0 Å². The highest BCUT2D eigenvalue weighted by atomic mass is 16.2. The third-order valence-electron chi connectivity index (χ3n) is 5.08. The lowest BCUT2D eigenvalue weighted by molar-refractivity contribution is -0.112. The van der Waals surface area contributed by atoms with E-state index in [2.05, 4.69) is 20.5 Å². The number of aromatic amines is 2. The molecule has 0 saturated heterocycles. The van der Waals surface area contributed by atoms with E-state index in [0.717, 1.165) is 43.2 Å². The molecule has 2 aliphatic rings. The summed E-state index contributed by atoms with van der Waals surface area (Å²) < 4.78 is 0. The second-order valence-corrected chi connectivity index (χ2v) is 6.72. The van der Waals surface area contributed by atoms with Crippen LogP contribution in [0.4, 0.5) is 5.82 Å². The lowest BCUT2D eigenvalue weighted by Crippen LogP contribution is -2.23. The highest BCUT2D eigenvalue weighted by molar-refractivity contribution is 6.02. The number of aromatic nitrogens is 3. The van der Waals surface area contributed by atoms with Crippen molar-refractivity contribution in [2.45, 2.75) is 49.9 Å². The van der Waals surface area contributed by atoms with Gasteiger partial charge in [0.1, 0.15) is 12.0 Å². The van der Waals surface area contributed by atoms with Crippen molar-refractivity contribution in [1.29, 1.82) is 0 Å². The first-order valence-corrected chi connectivity index (χ1v) is 8.22. The van der Waals surface area contributed by atoms with E-state index in [9.17, 15) is 9.59 Å². The minimum Gasteiger partial charge on any atom is -0.357 e. The van der Waals surface area contributed by atoms with Gasteiger partial charge in [0.05, 0.1) is 5.41 Å². The van der Waals surface area contributed by atoms with E-state index in [-0.39, 0.29) is 5.91 Å². The summed E-state index contributed by atoms with van der Waals surface area (Å²) in [5, 5.41) is 9.89. The molecule has 2 heterocycles. The highest BCUT2D eigenvalue weighted by Crippen LogP contribution is 2.40. The number of amides is 1. The summed E-state index contributed by atoms with van der Waals surface area (Å²) in [5.74, 6) is 0.878. The van der Waals surface area contributed by atoms with Crippen LogP contribution in [0.3, 0.4) is 0 Å². The first kappa shape index (κ1) is 14.2. The Kier molecular flexibility index (Phi) is 3.32. The first-order valence-electron chi connectivity index (χ1n) is 8.22. The summed E-state index contributed by atoms with van der Waals surface area (Å²) in [7, 11) is 0. The van der Waals surface area contributed by atoms with Crippen molar-refractivity contribution < 1.29 is 9.59 Å². The SMILES string of the molecule is O=CC1(c2c[nH]c(C(=O)Nc3cc(C4CC4)[nH]n3)c2)CCCC1. The lowest BCUT2D eigenvalue weighted by Gasteiger charge is -2.19. The Bertz CT molecular complexity index is 735. The molecule has 6 nitrogen and oxygen atoms in total. The smallest absolute Gasteiger partial charge is 0.273 e. The van der Waals surface area contributed by atoms with E-state index in [1.165, 1.54) is 12.8 Å². The van der Waals surface area contributed by atoms with Crippen LogP contribution in [0.1, 0.15) is 66.2 Å². The van der Waals surface area contributed by atoms with Gasteiger partial charge in [0, 0.05) is 23.9 Å². The molecule has 2 saturated carbocycles. The highest BCUT2D eigenvalue weighted by Gasteiger charge is 2.36. The van der Waals surface area contributed by atoms with Crippen LogP contribution in [0.2, 0.25) is 0 Å². The van der Waals surface area contributed by atoms with E-state index in [4.69, 9.17) is 0 Å². The van der Waals surface area contributed by atoms with Crippen molar-refractivity contribution in [3.63, 3.8) is 0 Å². The van der Waals surface area contributed by atoms with Crippen molar-refractivity contribution in [1.82, 2.24) is 15.2 Å². The topological polar surface area (TPSA) is 90.6 Å². The number of nitrogens with zero attached hydrogens (tertiary/aromatic N) is 1. The zero-order valence-corrected chi connectivity index (χ0v) is 12.9. The van der Waals surface area contributed by atoms with Crippen LogP contribution >= 0.6 is 0 Å². The second kappa shape index (κ2) is 5.37. The van der Waals surface area contributed by atoms with Crippen LogP contribution in [0.25, 0.3) is 0 Å². The number of hydrogen-bond acceptors (Lipinski definition) is 3. The molecule has 6 heteroatoms. The molecule has 0 radical (unpaired) electrons. The van der Waals surface area contributed by atoms with Crippen LogP contribution < -0.4 is 5.32 Å². The van der Waals surface area contributed by atoms with Gasteiger partial charge >= 0.3 is 0 Å². The van der Waals surface area contributed by atoms with E-state index in [1.807, 2.05) is 6.07 Å². The van der Waals surface area contributed by atoms with Gasteiger partial charge in [0.2, 0.25) is 0 Å². The summed E-state index contributed by atoms with van der Waals surface area (Å²) in [4.78, 5) is 26.9. The van der Waals surface area contributed by atoms with Crippen LogP contribution in [0, 0.1) is 0 Å². The molecule has 120 valence electrons. The second-order valence-electron chi connectivity index (χ2n) is 6.72. The molecule has 2 aromatic heterocycles. The largest absolute Gasteiger partial charge is 0.357 e. The van der Waals surface area contributed by atoms with Crippen LogP contribution in [0.5, 0.6) is 0 Å². The minimum absolute atomic E-state index is 0.232. The molecule has 0 atom stereocenters. The molecule has 0 spiro atoms. The lowest BCUT2D eigenvalue weighted by atomic mass is 9.82. The molecule has 3 N–H and O–H groups in total. The summed E-state index contributed by atoms with van der Waals surface area (Å²) >= 11 is 0. The maximum Gasteiger partial charge on any atom is 0.273 e. The Morgan fingerprint density at radius 2 is 2.09 bits per heavy atom. The maximum atomic E-state index is 12.3. The van der Waals surface area contributed by atoms with Gasteiger partial charge in [-0.05, 0) is 37.3 Å². The molecule has 0 bridgehead atoms. The van der Waals surface area contributed by atoms with Crippen LogP contribution in [0.15, 0.2) is 18.3 Å². The Morgan fingerprint density at radius 1 is 1.30 bits per heavy atom. The monoisotopic (exact) mass is 312 g/mol. The fraction of sp³-hybridized carbons (Fsp3) is 0.471. The van der Waals surface area contributed by atoms with E-state index >= 15 is 0 Å². The van der Waals surface area contributed by atoms with Gasteiger partial charge in [-0.3, -0.25) is 9.89 Å². The average molecular weight is 312 g/mol. The van der Waals surface area contributed by atoms with Crippen LogP contribution in [-0.2, 0) is 10.2 Å². The Labute approximate surface area is 134 Å². The van der Waals surface area contributed by atoms with Crippen molar-refractivity contribution in [2.24, 2.45) is 0 Å². The molecular weight excluding hydrogens is 292 g/mol. The van der Waals surface area contributed by atoms with Gasteiger partial charge in [-0.2, -0.15) is 5.10 Å². The van der Waals surface area contributed by atoms with Gasteiger partial charge in [0.15, 0.2) is 5.82 Å². The molecule has 0 aliphatic heterocycles. The molecule has 2 aromatic rings. The van der Waals surface area contributed by atoms with Gasteiger partial charge in [-0.25, -0.2) is 0 Å². The maximum absolute atomic E-state index is 12.3. The Balaban J connectivity index is 1.49. The van der Waals surface area contributed by atoms with E-state index in [1.54, 1.807) is 12.3 Å². The molecule has 4 rings (SSSR count). The standard InChI is InChI=1S/C17H20N4O2/c22-10-17(5-1-2-6-17)12-7-14(18-9-12)16(23)19-15-8-13(20-21-15)11-3-4-11/h7-11,18H,1-6H2,(H2,19,20,21,23). The molecule has 1 amide bonds. The summed E-state index contributed by atoms with van der Waals surface area (Å²) in [6, 6.07) is 3.69. The normalized spacial score (nSPS) is 19.7. The number of carbonyl (C=O) groups excluding carboxylic acids is 2. The number of hydrogen-bond donors (Lipinski definition) is 3. The first-order chi connectivity index (χ1) is 11.2. The summed E-state index contributed by atoms with van der Waals surface area (Å²) in [6.07, 6.45) is 9.03. The number of rotatable bonds is 5. The third-order valence-corrected chi connectivity index (χ3v) is 5.08.